The van der Waals surface area contributed by atoms with Gasteiger partial charge in [-0.25, -0.2) is 4.79 Å². The highest BCUT2D eigenvalue weighted by Crippen LogP contribution is 2.55. The van der Waals surface area contributed by atoms with Crippen molar-refractivity contribution in [2.45, 2.75) is 64.0 Å². The van der Waals surface area contributed by atoms with Gasteiger partial charge in [-0.1, -0.05) is 30.3 Å². The van der Waals surface area contributed by atoms with Gasteiger partial charge in [0.2, 0.25) is 5.91 Å². The van der Waals surface area contributed by atoms with Crippen molar-refractivity contribution in [1.82, 2.24) is 10.6 Å². The average molecular weight is 411 g/mol. The van der Waals surface area contributed by atoms with E-state index < -0.39 is 12.1 Å². The van der Waals surface area contributed by atoms with Gasteiger partial charge in [0.25, 0.3) is 5.91 Å². The first-order valence-electron chi connectivity index (χ1n) is 10.9. The van der Waals surface area contributed by atoms with Gasteiger partial charge in [0.15, 0.2) is 6.10 Å². The van der Waals surface area contributed by atoms with Gasteiger partial charge < -0.3 is 15.4 Å². The molecule has 4 aliphatic rings. The highest BCUT2D eigenvalue weighted by molar-refractivity contribution is 5.98. The molecule has 160 valence electrons. The Hall–Kier alpha value is -2.63. The molecule has 0 radical (unpaired) electrons. The number of ether oxygens (including phenoxy) is 1. The van der Waals surface area contributed by atoms with Crippen LogP contribution in [-0.4, -0.2) is 29.4 Å². The fraction of sp³-hybridized carbons (Fsp3) is 0.542. The van der Waals surface area contributed by atoms with Crippen LogP contribution >= 0.6 is 0 Å². The number of carbonyl (C=O) groups is 3. The summed E-state index contributed by atoms with van der Waals surface area (Å²) < 4.78 is 5.43. The van der Waals surface area contributed by atoms with E-state index in [1.807, 2.05) is 30.3 Å². The van der Waals surface area contributed by atoms with Crippen LogP contribution in [0, 0.1) is 17.8 Å². The zero-order chi connectivity index (χ0) is 21.3. The maximum Gasteiger partial charge on any atom is 0.355 e. The normalized spacial score (nSPS) is 30.5. The smallest absolute Gasteiger partial charge is 0.355 e. The van der Waals surface area contributed by atoms with Crippen molar-refractivity contribution < 1.29 is 19.1 Å². The third-order valence-corrected chi connectivity index (χ3v) is 6.72. The fourth-order valence-corrected chi connectivity index (χ4v) is 5.96. The Kier molecular flexibility index (Phi) is 5.67. The van der Waals surface area contributed by atoms with Gasteiger partial charge >= 0.3 is 5.97 Å². The SMILES string of the molecule is CC(=O)N/C(=C\c1ccccc1)C(=O)O[C@@H](C)C(=O)NC12CC3CC(CC(C3)C1)C2. The van der Waals surface area contributed by atoms with Crippen LogP contribution < -0.4 is 10.6 Å². The lowest BCUT2D eigenvalue weighted by Gasteiger charge is -2.57. The Bertz CT molecular complexity index is 826. The Morgan fingerprint density at radius 1 is 1.03 bits per heavy atom. The van der Waals surface area contributed by atoms with Gasteiger partial charge in [0, 0.05) is 12.5 Å². The average Bonchev–Trinajstić information content (AvgIpc) is 2.66. The summed E-state index contributed by atoms with van der Waals surface area (Å²) in [7, 11) is 0. The summed E-state index contributed by atoms with van der Waals surface area (Å²) in [5, 5.41) is 5.75. The van der Waals surface area contributed by atoms with E-state index in [9.17, 15) is 14.4 Å². The third kappa shape index (κ3) is 4.58. The first kappa shape index (κ1) is 20.6. The van der Waals surface area contributed by atoms with Crippen molar-refractivity contribution in [3.8, 4) is 0 Å². The number of rotatable bonds is 6. The summed E-state index contributed by atoms with van der Waals surface area (Å²) in [4.78, 5) is 37.1. The van der Waals surface area contributed by atoms with Crippen molar-refractivity contribution in [2.75, 3.05) is 0 Å². The monoisotopic (exact) mass is 410 g/mol. The van der Waals surface area contributed by atoms with Crippen molar-refractivity contribution in [2.24, 2.45) is 17.8 Å². The third-order valence-electron chi connectivity index (χ3n) is 6.72. The molecule has 2 amide bonds. The minimum atomic E-state index is -0.932. The van der Waals surface area contributed by atoms with Gasteiger partial charge in [-0.3, -0.25) is 9.59 Å². The van der Waals surface area contributed by atoms with Crippen LogP contribution in [-0.2, 0) is 19.1 Å². The lowest BCUT2D eigenvalue weighted by molar-refractivity contribution is -0.153. The van der Waals surface area contributed by atoms with Crippen molar-refractivity contribution in [3.63, 3.8) is 0 Å². The largest absolute Gasteiger partial charge is 0.448 e. The van der Waals surface area contributed by atoms with E-state index in [2.05, 4.69) is 10.6 Å². The van der Waals surface area contributed by atoms with E-state index in [1.54, 1.807) is 13.0 Å². The molecule has 0 saturated heterocycles. The number of esters is 1. The zero-order valence-corrected chi connectivity index (χ0v) is 17.6. The summed E-state index contributed by atoms with van der Waals surface area (Å²) >= 11 is 0. The number of benzene rings is 1. The van der Waals surface area contributed by atoms with Gasteiger partial charge in [0.05, 0.1) is 0 Å². The summed E-state index contributed by atoms with van der Waals surface area (Å²) in [5.41, 5.74) is 0.638. The molecule has 4 saturated carbocycles. The van der Waals surface area contributed by atoms with E-state index in [0.717, 1.165) is 42.6 Å². The molecule has 0 heterocycles. The summed E-state index contributed by atoms with van der Waals surface area (Å²) in [6.45, 7) is 2.91. The van der Waals surface area contributed by atoms with Crippen LogP contribution in [0.4, 0.5) is 0 Å². The molecule has 4 bridgehead atoms. The topological polar surface area (TPSA) is 84.5 Å². The second kappa shape index (κ2) is 8.25. The predicted molar refractivity (Wildman–Crippen MR) is 113 cm³/mol. The molecule has 1 atom stereocenters. The molecule has 6 heteroatoms. The molecule has 1 aromatic carbocycles. The van der Waals surface area contributed by atoms with Crippen LogP contribution in [0.1, 0.15) is 57.9 Å². The minimum Gasteiger partial charge on any atom is -0.448 e. The molecule has 4 aliphatic carbocycles. The molecule has 5 rings (SSSR count). The van der Waals surface area contributed by atoms with Gasteiger partial charge in [-0.2, -0.15) is 0 Å². The lowest BCUT2D eigenvalue weighted by Crippen LogP contribution is -2.61. The molecule has 4 fully saturated rings. The van der Waals surface area contributed by atoms with Crippen LogP contribution in [0.2, 0.25) is 0 Å². The van der Waals surface area contributed by atoms with Gasteiger partial charge in [-0.15, -0.1) is 0 Å². The van der Waals surface area contributed by atoms with Crippen molar-refractivity contribution >= 4 is 23.9 Å². The van der Waals surface area contributed by atoms with E-state index in [1.165, 1.54) is 26.2 Å². The highest BCUT2D eigenvalue weighted by atomic mass is 16.5. The zero-order valence-electron chi connectivity index (χ0n) is 17.6. The predicted octanol–water partition coefficient (Wildman–Crippen LogP) is 3.18. The van der Waals surface area contributed by atoms with Gasteiger partial charge in [-0.05, 0) is 74.8 Å². The Morgan fingerprint density at radius 2 is 1.60 bits per heavy atom. The van der Waals surface area contributed by atoms with E-state index >= 15 is 0 Å². The fourth-order valence-electron chi connectivity index (χ4n) is 5.96. The molecule has 1 aromatic rings. The van der Waals surface area contributed by atoms with Crippen LogP contribution in [0.15, 0.2) is 36.0 Å². The van der Waals surface area contributed by atoms with Crippen molar-refractivity contribution in [3.05, 3.63) is 41.6 Å². The standard InChI is InChI=1S/C24H30N2O4/c1-15(22(28)26-24-12-18-8-19(13-24)10-20(9-18)14-24)30-23(29)21(25-16(2)27)11-17-6-4-3-5-7-17/h3-7,11,15,18-20H,8-10,12-14H2,1-2H3,(H,25,27)(H,26,28)/b21-11-/t15-,18?,19?,20?,24?/m0/s1. The molecule has 2 N–H and O–H groups in total. The lowest BCUT2D eigenvalue weighted by atomic mass is 9.53. The van der Waals surface area contributed by atoms with Gasteiger partial charge in [0.1, 0.15) is 5.70 Å². The van der Waals surface area contributed by atoms with Crippen LogP contribution in [0.3, 0.4) is 0 Å². The quantitative estimate of drug-likeness (QED) is 0.557. The molecule has 0 aliphatic heterocycles. The van der Waals surface area contributed by atoms with Crippen molar-refractivity contribution in [1.29, 1.82) is 0 Å². The van der Waals surface area contributed by atoms with E-state index in [4.69, 9.17) is 4.74 Å². The first-order valence-corrected chi connectivity index (χ1v) is 10.9. The molecule has 0 aromatic heterocycles. The molecular formula is C24H30N2O4. The Labute approximate surface area is 177 Å². The number of hydrogen-bond donors (Lipinski definition) is 2. The first-order chi connectivity index (χ1) is 14.3. The summed E-state index contributed by atoms with van der Waals surface area (Å²) in [6, 6.07) is 9.18. The number of hydrogen-bond acceptors (Lipinski definition) is 4. The number of nitrogens with one attached hydrogen (secondary N) is 2. The second-order valence-corrected chi connectivity index (χ2v) is 9.38. The van der Waals surface area contributed by atoms with Crippen LogP contribution in [0.5, 0.6) is 0 Å². The summed E-state index contributed by atoms with van der Waals surface area (Å²) in [5.74, 6) is 0.799. The number of carbonyl (C=O) groups excluding carboxylic acids is 3. The van der Waals surface area contributed by atoms with E-state index in [-0.39, 0.29) is 23.1 Å². The highest BCUT2D eigenvalue weighted by Gasteiger charge is 2.51. The Morgan fingerprint density at radius 3 is 2.13 bits per heavy atom. The molecule has 30 heavy (non-hydrogen) atoms. The molecule has 0 unspecified atom stereocenters. The minimum absolute atomic E-state index is 0.0168. The second-order valence-electron chi connectivity index (χ2n) is 9.38. The maximum atomic E-state index is 12.9. The Balaban J connectivity index is 1.41. The van der Waals surface area contributed by atoms with E-state index in [0.29, 0.717) is 0 Å². The van der Waals surface area contributed by atoms with Crippen LogP contribution in [0.25, 0.3) is 6.08 Å². The molecule has 0 spiro atoms. The molecular weight excluding hydrogens is 380 g/mol. The number of amides is 2. The summed E-state index contributed by atoms with van der Waals surface area (Å²) in [6.07, 6.45) is 7.62. The maximum absolute atomic E-state index is 12.9. The molecule has 6 nitrogen and oxygen atoms in total.